The second-order valence-corrected chi connectivity index (χ2v) is 4.38. The smallest absolute Gasteiger partial charge is 0.145 e. The molecule has 0 spiro atoms. The number of nitriles is 2. The van der Waals surface area contributed by atoms with Gasteiger partial charge in [-0.2, -0.15) is 15.6 Å². The molecule has 0 saturated carbocycles. The fourth-order valence-corrected chi connectivity index (χ4v) is 1.80. The zero-order valence-corrected chi connectivity index (χ0v) is 10.8. The van der Waals surface area contributed by atoms with E-state index in [0.29, 0.717) is 6.04 Å². The number of rotatable bonds is 3. The topological polar surface area (TPSA) is 77.4 Å². The molecule has 1 aromatic carbocycles. The van der Waals surface area contributed by atoms with E-state index in [1.807, 2.05) is 22.9 Å². The van der Waals surface area contributed by atoms with Gasteiger partial charge in [0, 0.05) is 23.3 Å². The number of anilines is 1. The average Bonchev–Trinajstić information content (AvgIpc) is 2.83. The molecule has 94 valence electrons. The lowest BCUT2D eigenvalue weighted by Gasteiger charge is -2.07. The van der Waals surface area contributed by atoms with Crippen molar-refractivity contribution in [3.8, 4) is 12.1 Å². The molecule has 0 radical (unpaired) electrons. The summed E-state index contributed by atoms with van der Waals surface area (Å²) in [6, 6.07) is 9.70. The first-order chi connectivity index (χ1) is 9.15. The number of benzene rings is 1. The van der Waals surface area contributed by atoms with E-state index in [-0.39, 0.29) is 5.57 Å². The molecule has 0 saturated heterocycles. The minimum atomic E-state index is 0.0398. The van der Waals surface area contributed by atoms with Crippen LogP contribution in [0.3, 0.4) is 0 Å². The van der Waals surface area contributed by atoms with Crippen LogP contribution in [0.2, 0.25) is 0 Å². The van der Waals surface area contributed by atoms with Gasteiger partial charge in [-0.1, -0.05) is 0 Å². The highest BCUT2D eigenvalue weighted by Crippen LogP contribution is 2.21. The van der Waals surface area contributed by atoms with Gasteiger partial charge in [0.25, 0.3) is 0 Å². The number of nitrogens with one attached hydrogen (secondary N) is 1. The van der Waals surface area contributed by atoms with Gasteiger partial charge in [-0.05, 0) is 32.0 Å². The standard InChI is InChI=1S/C14H13N5/c1-10(2)19-14-4-3-13(5-12(14)9-18-19)17-8-11(6-15)7-16/h3-5,8-10,17H,1-2H3. The Bertz CT molecular complexity index is 693. The molecule has 5 nitrogen and oxygen atoms in total. The molecule has 0 atom stereocenters. The lowest BCUT2D eigenvalue weighted by Crippen LogP contribution is -2.01. The van der Waals surface area contributed by atoms with E-state index in [1.165, 1.54) is 6.20 Å². The number of hydrogen-bond donors (Lipinski definition) is 1. The monoisotopic (exact) mass is 251 g/mol. The molecule has 0 aliphatic carbocycles. The van der Waals surface area contributed by atoms with Crippen LogP contribution in [0.1, 0.15) is 19.9 Å². The molecular weight excluding hydrogens is 238 g/mol. The van der Waals surface area contributed by atoms with Crippen molar-refractivity contribution in [3.63, 3.8) is 0 Å². The molecule has 5 heteroatoms. The Morgan fingerprint density at radius 3 is 2.74 bits per heavy atom. The summed E-state index contributed by atoms with van der Waals surface area (Å²) in [5.41, 5.74) is 1.92. The molecule has 0 aliphatic rings. The lowest BCUT2D eigenvalue weighted by molar-refractivity contribution is 0.551. The molecule has 0 amide bonds. The molecule has 1 N–H and O–H groups in total. The van der Waals surface area contributed by atoms with Crippen LogP contribution in [0.5, 0.6) is 0 Å². The first-order valence-electron chi connectivity index (χ1n) is 5.90. The molecule has 0 aliphatic heterocycles. The molecule has 0 bridgehead atoms. The van der Waals surface area contributed by atoms with Crippen molar-refractivity contribution in [1.29, 1.82) is 10.5 Å². The maximum Gasteiger partial charge on any atom is 0.145 e. The second-order valence-electron chi connectivity index (χ2n) is 4.38. The van der Waals surface area contributed by atoms with E-state index < -0.39 is 0 Å². The fraction of sp³-hybridized carbons (Fsp3) is 0.214. The van der Waals surface area contributed by atoms with Crippen molar-refractivity contribution >= 4 is 16.6 Å². The van der Waals surface area contributed by atoms with Crippen molar-refractivity contribution in [3.05, 3.63) is 36.2 Å². The van der Waals surface area contributed by atoms with E-state index in [2.05, 4.69) is 24.3 Å². The molecule has 1 heterocycles. The van der Waals surface area contributed by atoms with Crippen LogP contribution < -0.4 is 5.32 Å². The van der Waals surface area contributed by atoms with E-state index >= 15 is 0 Å². The van der Waals surface area contributed by atoms with E-state index in [4.69, 9.17) is 10.5 Å². The normalized spacial score (nSPS) is 9.95. The summed E-state index contributed by atoms with van der Waals surface area (Å²) in [6.45, 7) is 4.15. The summed E-state index contributed by atoms with van der Waals surface area (Å²) in [4.78, 5) is 0. The van der Waals surface area contributed by atoms with Crippen molar-refractivity contribution in [2.24, 2.45) is 0 Å². The van der Waals surface area contributed by atoms with Crippen molar-refractivity contribution in [2.45, 2.75) is 19.9 Å². The third-order valence-corrected chi connectivity index (χ3v) is 2.71. The van der Waals surface area contributed by atoms with Gasteiger partial charge in [-0.25, -0.2) is 0 Å². The van der Waals surface area contributed by atoms with Gasteiger partial charge >= 0.3 is 0 Å². The van der Waals surface area contributed by atoms with Gasteiger partial charge in [0.1, 0.15) is 17.7 Å². The van der Waals surface area contributed by atoms with Gasteiger partial charge in [-0.3, -0.25) is 4.68 Å². The Morgan fingerprint density at radius 2 is 2.11 bits per heavy atom. The van der Waals surface area contributed by atoms with Crippen molar-refractivity contribution < 1.29 is 0 Å². The van der Waals surface area contributed by atoms with Gasteiger partial charge in [0.2, 0.25) is 0 Å². The summed E-state index contributed by atoms with van der Waals surface area (Å²) in [7, 11) is 0. The maximum atomic E-state index is 8.65. The molecule has 19 heavy (non-hydrogen) atoms. The summed E-state index contributed by atoms with van der Waals surface area (Å²) >= 11 is 0. The third kappa shape index (κ3) is 2.56. The fourth-order valence-electron chi connectivity index (χ4n) is 1.80. The highest BCUT2D eigenvalue weighted by atomic mass is 15.3. The minimum absolute atomic E-state index is 0.0398. The second kappa shape index (κ2) is 5.24. The molecule has 0 fully saturated rings. The number of allylic oxidation sites excluding steroid dienone is 1. The largest absolute Gasteiger partial charge is 0.360 e. The predicted octanol–water partition coefficient (Wildman–Crippen LogP) is 2.96. The van der Waals surface area contributed by atoms with Gasteiger partial charge < -0.3 is 5.32 Å². The van der Waals surface area contributed by atoms with Crippen LogP contribution in [-0.2, 0) is 0 Å². The van der Waals surface area contributed by atoms with Crippen LogP contribution in [0.25, 0.3) is 10.9 Å². The van der Waals surface area contributed by atoms with E-state index in [0.717, 1.165) is 16.6 Å². The van der Waals surface area contributed by atoms with Crippen LogP contribution in [-0.4, -0.2) is 9.78 Å². The molecule has 2 rings (SSSR count). The van der Waals surface area contributed by atoms with Crippen LogP contribution in [0.15, 0.2) is 36.2 Å². The highest BCUT2D eigenvalue weighted by molar-refractivity contribution is 5.82. The van der Waals surface area contributed by atoms with Gasteiger partial charge in [0.05, 0.1) is 11.7 Å². The van der Waals surface area contributed by atoms with Crippen molar-refractivity contribution in [2.75, 3.05) is 5.32 Å². The van der Waals surface area contributed by atoms with Crippen LogP contribution in [0.4, 0.5) is 5.69 Å². The Kier molecular flexibility index (Phi) is 3.49. The average molecular weight is 251 g/mol. The lowest BCUT2D eigenvalue weighted by atomic mass is 10.2. The number of hydrogen-bond acceptors (Lipinski definition) is 4. The summed E-state index contributed by atoms with van der Waals surface area (Å²) in [6.07, 6.45) is 3.20. The summed E-state index contributed by atoms with van der Waals surface area (Å²) in [5, 5.41) is 25.6. The van der Waals surface area contributed by atoms with Crippen LogP contribution in [0, 0.1) is 22.7 Å². The number of aromatic nitrogens is 2. The Labute approximate surface area is 111 Å². The molecule has 2 aromatic rings. The first-order valence-corrected chi connectivity index (χ1v) is 5.90. The maximum absolute atomic E-state index is 8.65. The predicted molar refractivity (Wildman–Crippen MR) is 73.0 cm³/mol. The number of nitrogens with zero attached hydrogens (tertiary/aromatic N) is 4. The third-order valence-electron chi connectivity index (χ3n) is 2.71. The molecular formula is C14H13N5. The SMILES string of the molecule is CC(C)n1ncc2cc(NC=C(C#N)C#N)ccc21. The van der Waals surface area contributed by atoms with Gasteiger partial charge in [0.15, 0.2) is 0 Å². The van der Waals surface area contributed by atoms with E-state index in [1.54, 1.807) is 18.3 Å². The Hall–Kier alpha value is -2.79. The summed E-state index contributed by atoms with van der Waals surface area (Å²) < 4.78 is 1.95. The minimum Gasteiger partial charge on any atom is -0.360 e. The quantitative estimate of drug-likeness (QED) is 0.851. The van der Waals surface area contributed by atoms with Gasteiger partial charge in [-0.15, -0.1) is 0 Å². The van der Waals surface area contributed by atoms with Crippen LogP contribution >= 0.6 is 0 Å². The first kappa shape index (κ1) is 12.7. The highest BCUT2D eigenvalue weighted by Gasteiger charge is 2.05. The van der Waals surface area contributed by atoms with Crippen molar-refractivity contribution in [1.82, 2.24) is 9.78 Å². The Morgan fingerprint density at radius 1 is 1.37 bits per heavy atom. The summed E-state index contributed by atoms with van der Waals surface area (Å²) in [5.74, 6) is 0. The zero-order chi connectivity index (χ0) is 13.8. The van der Waals surface area contributed by atoms with E-state index in [9.17, 15) is 0 Å². The molecule has 1 aromatic heterocycles. The zero-order valence-electron chi connectivity index (χ0n) is 10.8. The molecule has 0 unspecified atom stereocenters. The Balaban J connectivity index is 2.32. The number of fused-ring (bicyclic) bond motifs is 1.